The third-order valence-electron chi connectivity index (χ3n) is 3.67. The molecule has 0 radical (unpaired) electrons. The van der Waals surface area contributed by atoms with Crippen molar-refractivity contribution in [2.75, 3.05) is 6.54 Å². The van der Waals surface area contributed by atoms with E-state index in [1.807, 2.05) is 6.07 Å². The molecule has 0 saturated heterocycles. The Morgan fingerprint density at radius 1 is 1.24 bits per heavy atom. The Hall–Kier alpha value is -1.23. The highest BCUT2D eigenvalue weighted by molar-refractivity contribution is 7.09. The molecule has 0 spiro atoms. The highest BCUT2D eigenvalue weighted by atomic mass is 32.1. The fourth-order valence-corrected chi connectivity index (χ4v) is 3.06. The summed E-state index contributed by atoms with van der Waals surface area (Å²) in [5.74, 6) is -0.220. The van der Waals surface area contributed by atoms with Gasteiger partial charge in [-0.3, -0.25) is 4.90 Å². The lowest BCUT2D eigenvalue weighted by Gasteiger charge is -2.27. The van der Waals surface area contributed by atoms with E-state index in [1.165, 1.54) is 17.0 Å². The summed E-state index contributed by atoms with van der Waals surface area (Å²) in [5.41, 5.74) is 7.07. The van der Waals surface area contributed by atoms with Crippen LogP contribution in [0.25, 0.3) is 0 Å². The molecule has 0 bridgehead atoms. The van der Waals surface area contributed by atoms with Crippen LogP contribution in [0.5, 0.6) is 0 Å². The van der Waals surface area contributed by atoms with E-state index in [1.54, 1.807) is 17.4 Å². The number of halogens is 1. The summed E-state index contributed by atoms with van der Waals surface area (Å²) in [6.07, 6.45) is 0.826. The van der Waals surface area contributed by atoms with E-state index in [-0.39, 0.29) is 11.9 Å². The first kappa shape index (κ1) is 16.1. The maximum atomic E-state index is 13.2. The van der Waals surface area contributed by atoms with Gasteiger partial charge in [0.05, 0.1) is 0 Å². The molecule has 4 heteroatoms. The summed E-state index contributed by atoms with van der Waals surface area (Å²) >= 11 is 1.78. The zero-order valence-corrected chi connectivity index (χ0v) is 13.4. The Bertz CT molecular complexity index is 539. The molecular formula is C17H23FN2S. The molecule has 1 heterocycles. The van der Waals surface area contributed by atoms with Gasteiger partial charge >= 0.3 is 0 Å². The van der Waals surface area contributed by atoms with Gasteiger partial charge in [0.1, 0.15) is 5.82 Å². The lowest BCUT2D eigenvalue weighted by molar-refractivity contribution is 0.207. The number of rotatable bonds is 7. The SMILES string of the molecule is CC(C)N(CCC(N)c1cccc(F)c1)Cc1cccs1. The van der Waals surface area contributed by atoms with Gasteiger partial charge in [0.15, 0.2) is 0 Å². The van der Waals surface area contributed by atoms with Gasteiger partial charge in [-0.2, -0.15) is 0 Å². The van der Waals surface area contributed by atoms with Gasteiger partial charge in [-0.05, 0) is 49.4 Å². The largest absolute Gasteiger partial charge is 0.324 e. The fourth-order valence-electron chi connectivity index (χ4n) is 2.33. The summed E-state index contributed by atoms with van der Waals surface area (Å²) < 4.78 is 13.2. The number of hydrogen-bond donors (Lipinski definition) is 1. The molecule has 21 heavy (non-hydrogen) atoms. The molecular weight excluding hydrogens is 283 g/mol. The molecule has 0 fully saturated rings. The van der Waals surface area contributed by atoms with Crippen molar-refractivity contribution in [3.05, 3.63) is 58.0 Å². The predicted octanol–water partition coefficient (Wildman–Crippen LogP) is 4.19. The van der Waals surface area contributed by atoms with Crippen LogP contribution in [0.3, 0.4) is 0 Å². The van der Waals surface area contributed by atoms with Gasteiger partial charge in [0, 0.05) is 30.1 Å². The number of thiophene rings is 1. The van der Waals surface area contributed by atoms with E-state index in [0.717, 1.165) is 25.1 Å². The molecule has 114 valence electrons. The Balaban J connectivity index is 1.92. The minimum Gasteiger partial charge on any atom is -0.324 e. The van der Waals surface area contributed by atoms with Gasteiger partial charge in [-0.15, -0.1) is 11.3 Å². The van der Waals surface area contributed by atoms with Crippen molar-refractivity contribution in [3.8, 4) is 0 Å². The number of nitrogens with zero attached hydrogens (tertiary/aromatic N) is 1. The van der Waals surface area contributed by atoms with E-state index < -0.39 is 0 Å². The molecule has 2 nitrogen and oxygen atoms in total. The lowest BCUT2D eigenvalue weighted by Crippen LogP contribution is -2.32. The van der Waals surface area contributed by atoms with Crippen molar-refractivity contribution in [2.24, 2.45) is 5.73 Å². The van der Waals surface area contributed by atoms with E-state index in [4.69, 9.17) is 5.73 Å². The third kappa shape index (κ3) is 4.92. The first-order valence-corrected chi connectivity index (χ1v) is 8.21. The van der Waals surface area contributed by atoms with Gasteiger partial charge in [0.25, 0.3) is 0 Å². The zero-order valence-electron chi connectivity index (χ0n) is 12.6. The highest BCUT2D eigenvalue weighted by Crippen LogP contribution is 2.19. The molecule has 0 amide bonds. The van der Waals surface area contributed by atoms with E-state index in [9.17, 15) is 4.39 Å². The first-order valence-electron chi connectivity index (χ1n) is 7.33. The maximum Gasteiger partial charge on any atom is 0.123 e. The fraction of sp³-hybridized carbons (Fsp3) is 0.412. The Morgan fingerprint density at radius 3 is 2.67 bits per heavy atom. The Kier molecular flexibility index (Phi) is 5.91. The van der Waals surface area contributed by atoms with Gasteiger partial charge in [-0.25, -0.2) is 4.39 Å². The molecule has 2 rings (SSSR count). The van der Waals surface area contributed by atoms with Crippen LogP contribution in [0.15, 0.2) is 41.8 Å². The van der Waals surface area contributed by atoms with E-state index in [0.29, 0.717) is 6.04 Å². The van der Waals surface area contributed by atoms with Crippen LogP contribution in [0.4, 0.5) is 4.39 Å². The van der Waals surface area contributed by atoms with Crippen molar-refractivity contribution in [2.45, 2.75) is 38.9 Å². The smallest absolute Gasteiger partial charge is 0.123 e. The molecule has 1 atom stereocenters. The zero-order chi connectivity index (χ0) is 15.2. The second-order valence-electron chi connectivity index (χ2n) is 5.59. The van der Waals surface area contributed by atoms with Crippen LogP contribution in [0.1, 0.15) is 36.8 Å². The monoisotopic (exact) mass is 306 g/mol. The Morgan fingerprint density at radius 2 is 2.05 bits per heavy atom. The first-order chi connectivity index (χ1) is 10.1. The van der Waals surface area contributed by atoms with Gasteiger partial charge < -0.3 is 5.73 Å². The van der Waals surface area contributed by atoms with Gasteiger partial charge in [0.2, 0.25) is 0 Å². The van der Waals surface area contributed by atoms with E-state index >= 15 is 0 Å². The molecule has 1 aromatic heterocycles. The summed E-state index contributed by atoms with van der Waals surface area (Å²) in [4.78, 5) is 3.77. The van der Waals surface area contributed by atoms with Crippen molar-refractivity contribution >= 4 is 11.3 Å². The van der Waals surface area contributed by atoms with Crippen molar-refractivity contribution in [1.82, 2.24) is 4.90 Å². The number of nitrogens with two attached hydrogens (primary N) is 1. The van der Waals surface area contributed by atoms with Crippen LogP contribution in [0, 0.1) is 5.82 Å². The lowest BCUT2D eigenvalue weighted by atomic mass is 10.0. The van der Waals surface area contributed by atoms with Crippen molar-refractivity contribution in [3.63, 3.8) is 0 Å². The molecule has 1 unspecified atom stereocenters. The topological polar surface area (TPSA) is 29.3 Å². The molecule has 0 aliphatic heterocycles. The maximum absolute atomic E-state index is 13.2. The number of benzene rings is 1. The standard InChI is InChI=1S/C17H23FN2S/c1-13(2)20(12-16-7-4-10-21-16)9-8-17(19)14-5-3-6-15(18)11-14/h3-7,10-11,13,17H,8-9,12,19H2,1-2H3. The van der Waals surface area contributed by atoms with Crippen LogP contribution in [-0.4, -0.2) is 17.5 Å². The summed E-state index contributed by atoms with van der Waals surface area (Å²) in [7, 11) is 0. The third-order valence-corrected chi connectivity index (χ3v) is 4.53. The van der Waals surface area contributed by atoms with E-state index in [2.05, 4.69) is 36.3 Å². The Labute approximate surface area is 130 Å². The van der Waals surface area contributed by atoms with Gasteiger partial charge in [-0.1, -0.05) is 18.2 Å². The predicted molar refractivity (Wildman–Crippen MR) is 87.8 cm³/mol. The molecule has 0 aliphatic rings. The average Bonchev–Trinajstić information content (AvgIpc) is 2.95. The number of hydrogen-bond acceptors (Lipinski definition) is 3. The van der Waals surface area contributed by atoms with Crippen LogP contribution in [-0.2, 0) is 6.54 Å². The molecule has 0 aliphatic carbocycles. The quantitative estimate of drug-likeness (QED) is 0.831. The highest BCUT2D eigenvalue weighted by Gasteiger charge is 2.14. The summed E-state index contributed by atoms with van der Waals surface area (Å²) in [5, 5.41) is 2.10. The molecule has 2 aromatic rings. The molecule has 1 aromatic carbocycles. The average molecular weight is 306 g/mol. The second kappa shape index (κ2) is 7.69. The van der Waals surface area contributed by atoms with Crippen LogP contribution in [0.2, 0.25) is 0 Å². The molecule has 2 N–H and O–H groups in total. The molecule has 0 saturated carbocycles. The normalized spacial score (nSPS) is 13.0. The van der Waals surface area contributed by atoms with Crippen molar-refractivity contribution in [1.29, 1.82) is 0 Å². The summed E-state index contributed by atoms with van der Waals surface area (Å²) in [6, 6.07) is 11.2. The van der Waals surface area contributed by atoms with Crippen LogP contribution >= 0.6 is 11.3 Å². The minimum atomic E-state index is -0.220. The minimum absolute atomic E-state index is 0.120. The second-order valence-corrected chi connectivity index (χ2v) is 6.63. The van der Waals surface area contributed by atoms with Crippen molar-refractivity contribution < 1.29 is 4.39 Å². The van der Waals surface area contributed by atoms with Crippen LogP contribution < -0.4 is 5.73 Å². The summed E-state index contributed by atoms with van der Waals surface area (Å²) in [6.45, 7) is 6.25.